The zero-order valence-corrected chi connectivity index (χ0v) is 12.2. The lowest BCUT2D eigenvalue weighted by Gasteiger charge is -2.05. The number of carbonyl (C=O) groups is 1. The minimum atomic E-state index is -0.331. The normalized spacial score (nSPS) is 10.3. The van der Waals surface area contributed by atoms with E-state index in [0.29, 0.717) is 17.9 Å². The lowest BCUT2D eigenvalue weighted by Crippen LogP contribution is -2.05. The molecular weight excluding hydrogens is 314 g/mol. The minimum Gasteiger partial charge on any atom is -0.456 e. The highest BCUT2D eigenvalue weighted by Crippen LogP contribution is 2.21. The van der Waals surface area contributed by atoms with E-state index >= 15 is 0 Å². The number of aryl methyl sites for hydroxylation is 1. The summed E-state index contributed by atoms with van der Waals surface area (Å²) in [6, 6.07) is 7.07. The summed E-state index contributed by atoms with van der Waals surface area (Å²) in [5.41, 5.74) is 7.78. The topological polar surface area (TPSA) is 52.3 Å². The van der Waals surface area contributed by atoms with E-state index in [-0.39, 0.29) is 5.97 Å². The SMILES string of the molecule is Cc1cc(C(=O)OCc2cc(Br)cs2)ccc1N. The van der Waals surface area contributed by atoms with Gasteiger partial charge in [0.15, 0.2) is 0 Å². The highest BCUT2D eigenvalue weighted by molar-refractivity contribution is 9.10. The van der Waals surface area contributed by atoms with Crippen molar-refractivity contribution >= 4 is 38.9 Å². The maximum absolute atomic E-state index is 11.8. The van der Waals surface area contributed by atoms with Gasteiger partial charge < -0.3 is 10.5 Å². The van der Waals surface area contributed by atoms with Crippen LogP contribution in [0.2, 0.25) is 0 Å². The molecule has 94 valence electrons. The molecule has 1 aromatic heterocycles. The molecule has 0 saturated carbocycles. The number of benzene rings is 1. The van der Waals surface area contributed by atoms with Crippen molar-refractivity contribution in [1.82, 2.24) is 0 Å². The van der Waals surface area contributed by atoms with Crippen molar-refractivity contribution in [3.8, 4) is 0 Å². The Morgan fingerprint density at radius 2 is 2.22 bits per heavy atom. The molecule has 0 aliphatic rings. The van der Waals surface area contributed by atoms with Gasteiger partial charge in [-0.15, -0.1) is 11.3 Å². The van der Waals surface area contributed by atoms with Gasteiger partial charge in [-0.2, -0.15) is 0 Å². The number of carbonyl (C=O) groups excluding carboxylic acids is 1. The molecule has 0 saturated heterocycles. The Labute approximate surface area is 118 Å². The van der Waals surface area contributed by atoms with Gasteiger partial charge in [-0.25, -0.2) is 4.79 Å². The van der Waals surface area contributed by atoms with E-state index in [2.05, 4.69) is 15.9 Å². The summed E-state index contributed by atoms with van der Waals surface area (Å²) >= 11 is 4.91. The zero-order chi connectivity index (χ0) is 13.1. The van der Waals surface area contributed by atoms with Gasteiger partial charge in [-0.05, 0) is 52.7 Å². The zero-order valence-electron chi connectivity index (χ0n) is 9.77. The van der Waals surface area contributed by atoms with Crippen molar-refractivity contribution < 1.29 is 9.53 Å². The second kappa shape index (κ2) is 5.54. The molecule has 0 aliphatic heterocycles. The summed E-state index contributed by atoms with van der Waals surface area (Å²) in [5.74, 6) is -0.331. The van der Waals surface area contributed by atoms with Gasteiger partial charge in [0, 0.05) is 20.4 Å². The van der Waals surface area contributed by atoms with Gasteiger partial charge in [0.2, 0.25) is 0 Å². The van der Waals surface area contributed by atoms with Crippen molar-refractivity contribution in [3.05, 3.63) is 50.1 Å². The smallest absolute Gasteiger partial charge is 0.338 e. The molecule has 2 rings (SSSR count). The van der Waals surface area contributed by atoms with Gasteiger partial charge >= 0.3 is 5.97 Å². The van der Waals surface area contributed by atoms with E-state index < -0.39 is 0 Å². The van der Waals surface area contributed by atoms with Gasteiger partial charge in [0.25, 0.3) is 0 Å². The van der Waals surface area contributed by atoms with Crippen molar-refractivity contribution in [2.75, 3.05) is 5.73 Å². The standard InChI is InChI=1S/C13H12BrNO2S/c1-8-4-9(2-3-12(8)15)13(16)17-6-11-5-10(14)7-18-11/h2-5,7H,6,15H2,1H3. The van der Waals surface area contributed by atoms with Crippen LogP contribution >= 0.6 is 27.3 Å². The first-order valence-electron chi connectivity index (χ1n) is 5.32. The van der Waals surface area contributed by atoms with E-state index in [0.717, 1.165) is 14.9 Å². The van der Waals surface area contributed by atoms with Crippen molar-refractivity contribution in [3.63, 3.8) is 0 Å². The molecule has 1 heterocycles. The van der Waals surface area contributed by atoms with E-state index in [1.165, 1.54) is 0 Å². The summed E-state index contributed by atoms with van der Waals surface area (Å²) in [7, 11) is 0. The number of halogens is 1. The van der Waals surface area contributed by atoms with Crippen LogP contribution < -0.4 is 5.73 Å². The first-order valence-corrected chi connectivity index (χ1v) is 6.99. The molecular formula is C13H12BrNO2S. The predicted octanol–water partition coefficient (Wildman–Crippen LogP) is 3.76. The van der Waals surface area contributed by atoms with Crippen LogP contribution in [-0.2, 0) is 11.3 Å². The number of rotatable bonds is 3. The fourth-order valence-corrected chi connectivity index (χ4v) is 2.81. The molecule has 2 aromatic rings. The van der Waals surface area contributed by atoms with Gasteiger partial charge in [0.1, 0.15) is 6.61 Å². The summed E-state index contributed by atoms with van der Waals surface area (Å²) in [6.45, 7) is 2.15. The predicted molar refractivity (Wildman–Crippen MR) is 76.7 cm³/mol. The molecule has 18 heavy (non-hydrogen) atoms. The number of nitrogen functional groups attached to an aromatic ring is 1. The van der Waals surface area contributed by atoms with Gasteiger partial charge in [0.05, 0.1) is 5.56 Å². The van der Waals surface area contributed by atoms with Crippen LogP contribution in [0.1, 0.15) is 20.8 Å². The lowest BCUT2D eigenvalue weighted by molar-refractivity contribution is 0.0476. The molecule has 0 aliphatic carbocycles. The molecule has 2 N–H and O–H groups in total. The average molecular weight is 326 g/mol. The number of anilines is 1. The second-order valence-electron chi connectivity index (χ2n) is 3.88. The maximum Gasteiger partial charge on any atom is 0.338 e. The monoisotopic (exact) mass is 325 g/mol. The number of nitrogens with two attached hydrogens (primary N) is 1. The third kappa shape index (κ3) is 3.11. The largest absolute Gasteiger partial charge is 0.456 e. The van der Waals surface area contributed by atoms with E-state index in [4.69, 9.17) is 10.5 Å². The summed E-state index contributed by atoms with van der Waals surface area (Å²) < 4.78 is 6.23. The molecule has 0 spiro atoms. The highest BCUT2D eigenvalue weighted by Gasteiger charge is 2.09. The van der Waals surface area contributed by atoms with Crippen LogP contribution in [0.4, 0.5) is 5.69 Å². The third-order valence-corrected chi connectivity index (χ3v) is 4.14. The highest BCUT2D eigenvalue weighted by atomic mass is 79.9. The molecule has 1 aromatic carbocycles. The first kappa shape index (κ1) is 13.1. The Balaban J connectivity index is 2.01. The molecule has 3 nitrogen and oxygen atoms in total. The Kier molecular flexibility index (Phi) is 4.04. The second-order valence-corrected chi connectivity index (χ2v) is 5.79. The number of esters is 1. The summed E-state index contributed by atoms with van der Waals surface area (Å²) in [6.07, 6.45) is 0. The van der Waals surface area contributed by atoms with Crippen LogP contribution in [0.15, 0.2) is 34.1 Å². The lowest BCUT2D eigenvalue weighted by atomic mass is 10.1. The number of thiophene rings is 1. The Hall–Kier alpha value is -1.33. The molecule has 0 unspecified atom stereocenters. The Morgan fingerprint density at radius 1 is 1.44 bits per heavy atom. The Bertz CT molecular complexity index is 580. The summed E-state index contributed by atoms with van der Waals surface area (Å²) in [5, 5.41) is 1.95. The van der Waals surface area contributed by atoms with Crippen LogP contribution in [0, 0.1) is 6.92 Å². The average Bonchev–Trinajstić information content (AvgIpc) is 2.75. The number of hydrogen-bond acceptors (Lipinski definition) is 4. The van der Waals surface area contributed by atoms with Gasteiger partial charge in [-0.3, -0.25) is 0 Å². The molecule has 5 heteroatoms. The van der Waals surface area contributed by atoms with Crippen molar-refractivity contribution in [2.24, 2.45) is 0 Å². The fraction of sp³-hybridized carbons (Fsp3) is 0.154. The van der Waals surface area contributed by atoms with E-state index in [1.54, 1.807) is 29.5 Å². The molecule has 0 bridgehead atoms. The molecule has 0 amide bonds. The van der Waals surface area contributed by atoms with Crippen LogP contribution in [0.5, 0.6) is 0 Å². The van der Waals surface area contributed by atoms with Crippen LogP contribution in [0.25, 0.3) is 0 Å². The quantitative estimate of drug-likeness (QED) is 0.690. The number of hydrogen-bond donors (Lipinski definition) is 1. The number of ether oxygens (including phenoxy) is 1. The molecule has 0 atom stereocenters. The Morgan fingerprint density at radius 3 is 2.83 bits per heavy atom. The van der Waals surface area contributed by atoms with Crippen LogP contribution in [0.3, 0.4) is 0 Å². The van der Waals surface area contributed by atoms with Crippen molar-refractivity contribution in [2.45, 2.75) is 13.5 Å². The fourth-order valence-electron chi connectivity index (χ4n) is 1.45. The van der Waals surface area contributed by atoms with E-state index in [9.17, 15) is 4.79 Å². The molecule has 0 fully saturated rings. The molecule has 0 radical (unpaired) electrons. The van der Waals surface area contributed by atoms with Crippen molar-refractivity contribution in [1.29, 1.82) is 0 Å². The summed E-state index contributed by atoms with van der Waals surface area (Å²) in [4.78, 5) is 12.8. The van der Waals surface area contributed by atoms with E-state index in [1.807, 2.05) is 18.4 Å². The maximum atomic E-state index is 11.8. The third-order valence-electron chi connectivity index (χ3n) is 2.47. The first-order chi connectivity index (χ1) is 8.56. The van der Waals surface area contributed by atoms with Gasteiger partial charge in [-0.1, -0.05) is 0 Å². The van der Waals surface area contributed by atoms with Crippen LogP contribution in [-0.4, -0.2) is 5.97 Å². The minimum absolute atomic E-state index is 0.290.